The number of thiazole rings is 1. The van der Waals surface area contributed by atoms with Gasteiger partial charge in [-0.1, -0.05) is 6.07 Å². The fraction of sp³-hybridized carbons (Fsp3) is 0.385. The molecule has 2 rings (SSSR count). The second-order valence-corrected chi connectivity index (χ2v) is 6.24. The van der Waals surface area contributed by atoms with Crippen LogP contribution in [0, 0.1) is 0 Å². The standard InChI is InChI=1S/C13H19N5S2.HI/c1-14-12(16-8-11-5-4-6-19-11)15-7-10-9-20-13(17-10)18(2)3;/h4-6,9H,7-8H2,1-3H3,(H2,14,15,16);1H. The van der Waals surface area contributed by atoms with E-state index in [0.29, 0.717) is 6.54 Å². The number of aliphatic imine (C=N–C) groups is 1. The Morgan fingerprint density at radius 3 is 2.62 bits per heavy atom. The molecule has 0 spiro atoms. The predicted molar refractivity (Wildman–Crippen MR) is 103 cm³/mol. The Bertz CT molecular complexity index is 551. The van der Waals surface area contributed by atoms with Gasteiger partial charge in [0.2, 0.25) is 0 Å². The van der Waals surface area contributed by atoms with Crippen LogP contribution in [-0.4, -0.2) is 32.1 Å². The first-order valence-corrected chi connectivity index (χ1v) is 8.03. The second kappa shape index (κ2) is 9.21. The molecule has 2 heterocycles. The van der Waals surface area contributed by atoms with Crippen LogP contribution >= 0.6 is 46.7 Å². The molecular formula is C13H20IN5S2. The molecule has 21 heavy (non-hydrogen) atoms. The summed E-state index contributed by atoms with van der Waals surface area (Å²) in [5.74, 6) is 0.790. The number of hydrogen-bond donors (Lipinski definition) is 2. The van der Waals surface area contributed by atoms with Gasteiger partial charge in [-0.05, 0) is 11.4 Å². The van der Waals surface area contributed by atoms with Crippen LogP contribution in [0.1, 0.15) is 10.6 Å². The van der Waals surface area contributed by atoms with E-state index in [9.17, 15) is 0 Å². The summed E-state index contributed by atoms with van der Waals surface area (Å²) in [7, 11) is 5.77. The first-order chi connectivity index (χ1) is 9.69. The lowest BCUT2D eigenvalue weighted by atomic mass is 10.4. The van der Waals surface area contributed by atoms with Crippen molar-refractivity contribution in [2.24, 2.45) is 4.99 Å². The maximum atomic E-state index is 4.53. The Morgan fingerprint density at radius 1 is 1.29 bits per heavy atom. The molecule has 0 saturated heterocycles. The minimum atomic E-state index is 0. The van der Waals surface area contributed by atoms with Crippen LogP contribution in [0.25, 0.3) is 0 Å². The minimum absolute atomic E-state index is 0. The van der Waals surface area contributed by atoms with Gasteiger partial charge in [-0.3, -0.25) is 4.99 Å². The molecule has 0 radical (unpaired) electrons. The summed E-state index contributed by atoms with van der Waals surface area (Å²) in [4.78, 5) is 12.0. The van der Waals surface area contributed by atoms with Crippen molar-refractivity contribution in [3.8, 4) is 0 Å². The zero-order chi connectivity index (χ0) is 14.4. The summed E-state index contributed by atoms with van der Waals surface area (Å²) < 4.78 is 0. The molecule has 0 amide bonds. The number of aromatic nitrogens is 1. The molecule has 0 aliphatic carbocycles. The lowest BCUT2D eigenvalue weighted by Gasteiger charge is -2.10. The van der Waals surface area contributed by atoms with Crippen molar-refractivity contribution >= 4 is 57.7 Å². The average Bonchev–Trinajstić information content (AvgIpc) is 3.10. The molecule has 0 bridgehead atoms. The Morgan fingerprint density at radius 2 is 2.05 bits per heavy atom. The van der Waals surface area contributed by atoms with Gasteiger partial charge in [0, 0.05) is 31.4 Å². The maximum Gasteiger partial charge on any atom is 0.191 e. The number of rotatable bonds is 5. The highest BCUT2D eigenvalue weighted by Crippen LogP contribution is 2.17. The second-order valence-electron chi connectivity index (χ2n) is 4.37. The number of halogens is 1. The van der Waals surface area contributed by atoms with Crippen molar-refractivity contribution in [3.63, 3.8) is 0 Å². The normalized spacial score (nSPS) is 10.9. The number of nitrogens with one attached hydrogen (secondary N) is 2. The summed E-state index contributed by atoms with van der Waals surface area (Å²) in [6.45, 7) is 1.46. The zero-order valence-electron chi connectivity index (χ0n) is 12.3. The van der Waals surface area contributed by atoms with E-state index in [2.05, 4.69) is 43.5 Å². The largest absolute Gasteiger partial charge is 0.354 e. The number of thiophene rings is 1. The van der Waals surface area contributed by atoms with Crippen LogP contribution in [0.15, 0.2) is 27.9 Å². The highest BCUT2D eigenvalue weighted by molar-refractivity contribution is 14.0. The van der Waals surface area contributed by atoms with Crippen LogP contribution in [0.3, 0.4) is 0 Å². The lowest BCUT2D eigenvalue weighted by Crippen LogP contribution is -2.36. The quantitative estimate of drug-likeness (QED) is 0.429. The van der Waals surface area contributed by atoms with Gasteiger partial charge in [0.1, 0.15) is 0 Å². The zero-order valence-corrected chi connectivity index (χ0v) is 16.3. The van der Waals surface area contributed by atoms with Gasteiger partial charge in [0.25, 0.3) is 0 Å². The molecule has 0 fully saturated rings. The first kappa shape index (κ1) is 18.2. The third-order valence-corrected chi connectivity index (χ3v) is 4.53. The van der Waals surface area contributed by atoms with Gasteiger partial charge in [0.05, 0.1) is 18.8 Å². The SMILES string of the molecule is CN=C(NCc1csc(N(C)C)n1)NCc1cccs1.I. The van der Waals surface area contributed by atoms with Gasteiger partial charge in [-0.25, -0.2) is 4.98 Å². The van der Waals surface area contributed by atoms with E-state index in [4.69, 9.17) is 0 Å². The summed E-state index contributed by atoms with van der Waals surface area (Å²) >= 11 is 3.38. The van der Waals surface area contributed by atoms with Crippen molar-refractivity contribution in [2.75, 3.05) is 26.0 Å². The number of guanidine groups is 1. The average molecular weight is 437 g/mol. The maximum absolute atomic E-state index is 4.53. The van der Waals surface area contributed by atoms with Crippen molar-refractivity contribution in [1.82, 2.24) is 15.6 Å². The molecule has 116 valence electrons. The number of hydrogen-bond acceptors (Lipinski definition) is 5. The molecule has 2 N–H and O–H groups in total. The Hall–Kier alpha value is -0.870. The minimum Gasteiger partial charge on any atom is -0.354 e. The van der Waals surface area contributed by atoms with E-state index < -0.39 is 0 Å². The molecule has 5 nitrogen and oxygen atoms in total. The smallest absolute Gasteiger partial charge is 0.191 e. The lowest BCUT2D eigenvalue weighted by molar-refractivity contribution is 0.802. The highest BCUT2D eigenvalue weighted by atomic mass is 127. The summed E-state index contributed by atoms with van der Waals surface area (Å²) in [6.07, 6.45) is 0. The van der Waals surface area contributed by atoms with Crippen LogP contribution in [0.2, 0.25) is 0 Å². The van der Waals surface area contributed by atoms with Gasteiger partial charge in [-0.2, -0.15) is 0 Å². The molecule has 2 aromatic heterocycles. The molecule has 0 atom stereocenters. The van der Waals surface area contributed by atoms with Crippen molar-refractivity contribution in [3.05, 3.63) is 33.5 Å². The van der Waals surface area contributed by atoms with Crippen LogP contribution in [0.4, 0.5) is 5.13 Å². The van der Waals surface area contributed by atoms with Gasteiger partial charge in [0.15, 0.2) is 11.1 Å². The Kier molecular flexibility index (Phi) is 7.97. The Labute approximate surface area is 150 Å². The van der Waals surface area contributed by atoms with E-state index in [1.165, 1.54) is 4.88 Å². The topological polar surface area (TPSA) is 52.6 Å². The van der Waals surface area contributed by atoms with Crippen molar-refractivity contribution in [1.29, 1.82) is 0 Å². The molecule has 8 heteroatoms. The van der Waals surface area contributed by atoms with E-state index in [-0.39, 0.29) is 24.0 Å². The summed E-state index contributed by atoms with van der Waals surface area (Å²) in [5, 5.41) is 11.7. The molecule has 0 aromatic carbocycles. The molecule has 0 aliphatic rings. The van der Waals surface area contributed by atoms with Gasteiger partial charge in [-0.15, -0.1) is 46.7 Å². The van der Waals surface area contributed by atoms with Gasteiger partial charge < -0.3 is 15.5 Å². The first-order valence-electron chi connectivity index (χ1n) is 6.27. The summed E-state index contributed by atoms with van der Waals surface area (Å²) in [6, 6.07) is 4.16. The number of nitrogens with zero attached hydrogens (tertiary/aromatic N) is 3. The third-order valence-electron chi connectivity index (χ3n) is 2.59. The van der Waals surface area contributed by atoms with Gasteiger partial charge >= 0.3 is 0 Å². The molecule has 2 aromatic rings. The van der Waals surface area contributed by atoms with Crippen molar-refractivity contribution < 1.29 is 0 Å². The molecule has 0 aliphatic heterocycles. The van der Waals surface area contributed by atoms with E-state index in [0.717, 1.165) is 23.3 Å². The van der Waals surface area contributed by atoms with Crippen LogP contribution in [0.5, 0.6) is 0 Å². The highest BCUT2D eigenvalue weighted by Gasteiger charge is 2.04. The van der Waals surface area contributed by atoms with Crippen LogP contribution in [-0.2, 0) is 13.1 Å². The van der Waals surface area contributed by atoms with Crippen molar-refractivity contribution in [2.45, 2.75) is 13.1 Å². The van der Waals surface area contributed by atoms with E-state index in [1.54, 1.807) is 29.7 Å². The van der Waals surface area contributed by atoms with Crippen LogP contribution < -0.4 is 15.5 Å². The fourth-order valence-electron chi connectivity index (χ4n) is 1.56. The molecular weight excluding hydrogens is 417 g/mol. The summed E-state index contributed by atoms with van der Waals surface area (Å²) in [5.41, 5.74) is 1.03. The monoisotopic (exact) mass is 437 g/mol. The van der Waals surface area contributed by atoms with E-state index in [1.807, 2.05) is 19.0 Å². The Balaban J connectivity index is 0.00000220. The third kappa shape index (κ3) is 5.79. The molecule has 0 saturated carbocycles. The number of anilines is 1. The molecule has 0 unspecified atom stereocenters. The predicted octanol–water partition coefficient (Wildman–Crippen LogP) is 2.75. The fourth-order valence-corrected chi connectivity index (χ4v) is 2.96. The van der Waals surface area contributed by atoms with E-state index >= 15 is 0 Å².